The van der Waals surface area contributed by atoms with Crippen LogP contribution in [0.5, 0.6) is 23.0 Å². The highest BCUT2D eigenvalue weighted by Gasteiger charge is 2.35. The van der Waals surface area contributed by atoms with Gasteiger partial charge in [-0.05, 0) is 59.7 Å². The van der Waals surface area contributed by atoms with E-state index in [9.17, 15) is 22.0 Å². The number of nitrogens with one attached hydrogen (secondary N) is 2. The van der Waals surface area contributed by atoms with Gasteiger partial charge in [-0.3, -0.25) is 9.80 Å². The lowest BCUT2D eigenvalue weighted by atomic mass is 10.0. The summed E-state index contributed by atoms with van der Waals surface area (Å²) in [4.78, 5) is 4.40. The van der Waals surface area contributed by atoms with E-state index in [4.69, 9.17) is 9.47 Å². The van der Waals surface area contributed by atoms with Crippen LogP contribution in [0.1, 0.15) is 29.2 Å². The zero-order valence-corrected chi connectivity index (χ0v) is 23.4. The fourth-order valence-electron chi connectivity index (χ4n) is 5.18. The minimum absolute atomic E-state index is 0.0313. The average Bonchev–Trinajstić information content (AvgIpc) is 2.94. The first-order chi connectivity index (χ1) is 20.0. The third-order valence-electron chi connectivity index (χ3n) is 7.38. The van der Waals surface area contributed by atoms with E-state index in [2.05, 4.69) is 20.4 Å². The van der Waals surface area contributed by atoms with Gasteiger partial charge in [-0.15, -0.1) is 0 Å². The number of piperazine rings is 2. The molecule has 0 radical (unpaired) electrons. The molecule has 0 aromatic heterocycles. The maximum absolute atomic E-state index is 14.4. The van der Waals surface area contributed by atoms with E-state index in [0.717, 1.165) is 70.9 Å². The molecule has 0 aliphatic carbocycles. The summed E-state index contributed by atoms with van der Waals surface area (Å²) in [5, 5.41) is 6.54. The van der Waals surface area contributed by atoms with Crippen molar-refractivity contribution in [3.05, 3.63) is 82.9 Å². The molecule has 2 fully saturated rings. The van der Waals surface area contributed by atoms with Gasteiger partial charge in [0.2, 0.25) is 0 Å². The van der Waals surface area contributed by atoms with Crippen LogP contribution in [0.2, 0.25) is 0 Å². The molecule has 0 unspecified atom stereocenters. The van der Waals surface area contributed by atoms with Gasteiger partial charge in [0, 0.05) is 72.4 Å². The first kappa shape index (κ1) is 30.2. The van der Waals surface area contributed by atoms with Gasteiger partial charge in [0.1, 0.15) is 23.0 Å². The predicted molar refractivity (Wildman–Crippen MR) is 150 cm³/mol. The van der Waals surface area contributed by atoms with Gasteiger partial charge in [-0.25, -0.2) is 8.78 Å². The summed E-state index contributed by atoms with van der Waals surface area (Å²) in [5.74, 6) is -2.96. The third kappa shape index (κ3) is 7.97. The van der Waals surface area contributed by atoms with Crippen LogP contribution in [0, 0.1) is 0 Å². The van der Waals surface area contributed by atoms with E-state index >= 15 is 0 Å². The first-order valence-corrected chi connectivity index (χ1v) is 14.1. The molecule has 0 atom stereocenters. The van der Waals surface area contributed by atoms with Crippen LogP contribution in [-0.4, -0.2) is 62.2 Å². The van der Waals surface area contributed by atoms with E-state index in [-0.39, 0.29) is 28.6 Å². The molecule has 3 aromatic carbocycles. The van der Waals surface area contributed by atoms with Crippen LogP contribution < -0.4 is 20.1 Å². The largest absolute Gasteiger partial charge is 0.457 e. The molecule has 0 spiro atoms. The quantitative estimate of drug-likeness (QED) is 0.289. The number of alkyl halides is 5. The minimum atomic E-state index is -4.59. The van der Waals surface area contributed by atoms with Crippen LogP contribution in [0.3, 0.4) is 0 Å². The zero-order valence-electron chi connectivity index (χ0n) is 23.4. The highest BCUT2D eigenvalue weighted by Crippen LogP contribution is 2.40. The summed E-state index contributed by atoms with van der Waals surface area (Å²) in [5.41, 5.74) is 0.444. The molecule has 2 saturated heterocycles. The molecule has 6 nitrogen and oxygen atoms in total. The van der Waals surface area contributed by atoms with Crippen molar-refractivity contribution >= 4 is 0 Å². The van der Waals surface area contributed by atoms with Gasteiger partial charge in [-0.2, -0.15) is 13.2 Å². The summed E-state index contributed by atoms with van der Waals surface area (Å²) >= 11 is 0. The fraction of sp³-hybridized carbons (Fsp3) is 0.419. The molecule has 2 aliphatic heterocycles. The van der Waals surface area contributed by atoms with Gasteiger partial charge >= 0.3 is 6.18 Å². The first-order valence-electron chi connectivity index (χ1n) is 14.1. The van der Waals surface area contributed by atoms with Gasteiger partial charge in [0.25, 0.3) is 5.92 Å². The molecular formula is C31H35F5N4O2. The normalized spacial score (nSPS) is 17.3. The maximum atomic E-state index is 14.4. The number of halogens is 5. The Bertz CT molecular complexity index is 1230. The van der Waals surface area contributed by atoms with E-state index in [1.807, 2.05) is 0 Å². The monoisotopic (exact) mass is 590 g/mol. The van der Waals surface area contributed by atoms with Crippen molar-refractivity contribution in [1.29, 1.82) is 0 Å². The number of hydrogen-bond acceptors (Lipinski definition) is 6. The summed E-state index contributed by atoms with van der Waals surface area (Å²) in [6.45, 7) is 8.67. The second-order valence-corrected chi connectivity index (χ2v) is 10.8. The smallest absolute Gasteiger partial charge is 0.419 e. The maximum Gasteiger partial charge on any atom is 0.419 e. The van der Waals surface area contributed by atoms with Crippen LogP contribution in [-0.2, 0) is 25.2 Å². The highest BCUT2D eigenvalue weighted by molar-refractivity contribution is 5.46. The Morgan fingerprint density at radius 3 is 1.43 bits per heavy atom. The SMILES string of the molecule is CC(F)(F)c1ccc(CN2CCNCC2)cc1Oc1ccc(Oc2cc(CN3CCNCC3)ccc2C(F)(F)F)cc1. The molecule has 2 heterocycles. The fourth-order valence-corrected chi connectivity index (χ4v) is 5.18. The second kappa shape index (κ2) is 12.9. The van der Waals surface area contributed by atoms with E-state index in [1.54, 1.807) is 12.1 Å². The van der Waals surface area contributed by atoms with Crippen molar-refractivity contribution < 1.29 is 31.4 Å². The number of hydrogen-bond donors (Lipinski definition) is 2. The Morgan fingerprint density at radius 2 is 1.02 bits per heavy atom. The van der Waals surface area contributed by atoms with Gasteiger partial charge < -0.3 is 20.1 Å². The van der Waals surface area contributed by atoms with E-state index in [1.165, 1.54) is 42.5 Å². The average molecular weight is 591 g/mol. The summed E-state index contributed by atoms with van der Waals surface area (Å²) in [6.07, 6.45) is -4.59. The van der Waals surface area contributed by atoms with E-state index in [0.29, 0.717) is 18.7 Å². The Morgan fingerprint density at radius 1 is 0.619 bits per heavy atom. The highest BCUT2D eigenvalue weighted by atomic mass is 19.4. The van der Waals surface area contributed by atoms with Crippen molar-refractivity contribution in [2.75, 3.05) is 52.4 Å². The lowest BCUT2D eigenvalue weighted by molar-refractivity contribution is -0.138. The molecule has 0 amide bonds. The van der Waals surface area contributed by atoms with Gasteiger partial charge in [0.05, 0.1) is 11.1 Å². The van der Waals surface area contributed by atoms with Gasteiger partial charge in [0.15, 0.2) is 0 Å². The summed E-state index contributed by atoms with van der Waals surface area (Å²) < 4.78 is 81.8. The number of benzene rings is 3. The van der Waals surface area contributed by atoms with Crippen LogP contribution in [0.25, 0.3) is 0 Å². The molecule has 5 rings (SSSR count). The van der Waals surface area contributed by atoms with Crippen molar-refractivity contribution in [3.63, 3.8) is 0 Å². The summed E-state index contributed by atoms with van der Waals surface area (Å²) in [6, 6.07) is 14.6. The lowest BCUT2D eigenvalue weighted by Crippen LogP contribution is -2.42. The second-order valence-electron chi connectivity index (χ2n) is 10.8. The van der Waals surface area contributed by atoms with Crippen molar-refractivity contribution in [2.24, 2.45) is 0 Å². The topological polar surface area (TPSA) is 49.0 Å². The van der Waals surface area contributed by atoms with Gasteiger partial charge in [-0.1, -0.05) is 12.1 Å². The van der Waals surface area contributed by atoms with Crippen molar-refractivity contribution in [3.8, 4) is 23.0 Å². The van der Waals surface area contributed by atoms with E-state index < -0.39 is 17.7 Å². The number of nitrogens with zero attached hydrogens (tertiary/aromatic N) is 2. The Balaban J connectivity index is 1.33. The molecular weight excluding hydrogens is 555 g/mol. The molecule has 226 valence electrons. The van der Waals surface area contributed by atoms with Crippen molar-refractivity contribution in [1.82, 2.24) is 20.4 Å². The molecule has 0 bridgehead atoms. The molecule has 0 saturated carbocycles. The van der Waals surface area contributed by atoms with Crippen LogP contribution in [0.15, 0.2) is 60.7 Å². The molecule has 3 aromatic rings. The number of rotatable bonds is 9. The third-order valence-corrected chi connectivity index (χ3v) is 7.38. The van der Waals surface area contributed by atoms with Crippen LogP contribution in [0.4, 0.5) is 22.0 Å². The number of ether oxygens (including phenoxy) is 2. The molecule has 2 N–H and O–H groups in total. The molecule has 11 heteroatoms. The predicted octanol–water partition coefficient (Wildman–Crippen LogP) is 6.21. The van der Waals surface area contributed by atoms with Crippen molar-refractivity contribution in [2.45, 2.75) is 32.1 Å². The lowest BCUT2D eigenvalue weighted by Gasteiger charge is -2.27. The standard InChI is InChI=1S/C31H35F5N4O2/c1-30(32,33)26-8-2-22(20-39-14-10-37-11-15-39)18-28(26)41-24-4-6-25(7-5-24)42-29-19-23(3-9-27(29)31(34,35)36)21-40-16-12-38-13-17-40/h2-9,18-19,37-38H,10-17,20-21H2,1H3. The Hall–Kier alpha value is -3.25. The summed E-state index contributed by atoms with van der Waals surface area (Å²) in [7, 11) is 0. The zero-order chi connectivity index (χ0) is 29.7. The molecule has 2 aliphatic rings. The van der Waals surface area contributed by atoms with Crippen LogP contribution >= 0.6 is 0 Å². The minimum Gasteiger partial charge on any atom is -0.457 e. The Labute approximate surface area is 242 Å². The Kier molecular flexibility index (Phi) is 9.32. The molecule has 42 heavy (non-hydrogen) atoms.